The van der Waals surface area contributed by atoms with Crippen LogP contribution in [0, 0.1) is 0 Å². The molecular weight excluding hydrogens is 344 g/mol. The van der Waals surface area contributed by atoms with E-state index in [1.165, 1.54) is 0 Å². The van der Waals surface area contributed by atoms with Crippen LogP contribution < -0.4 is 0 Å². The molecule has 0 bridgehead atoms. The van der Waals surface area contributed by atoms with Gasteiger partial charge in [0.25, 0.3) is 5.91 Å². The van der Waals surface area contributed by atoms with Crippen LogP contribution in [0.4, 0.5) is 0 Å². The molecule has 2 saturated heterocycles. The Balaban J connectivity index is 1.69. The van der Waals surface area contributed by atoms with Gasteiger partial charge in [0.05, 0.1) is 18.8 Å². The highest BCUT2D eigenvalue weighted by atomic mass is 16.5. The van der Waals surface area contributed by atoms with Crippen LogP contribution in [0.15, 0.2) is 24.3 Å². The maximum Gasteiger partial charge on any atom is 0.254 e. The Kier molecular flexibility index (Phi) is 6.17. The molecule has 1 atom stereocenters. The lowest BCUT2D eigenvalue weighted by atomic mass is 9.97. The summed E-state index contributed by atoms with van der Waals surface area (Å²) in [6, 6.07) is 7.19. The van der Waals surface area contributed by atoms with Crippen molar-refractivity contribution in [3.63, 3.8) is 0 Å². The first-order valence-corrected chi connectivity index (χ1v) is 9.84. The van der Waals surface area contributed by atoms with Gasteiger partial charge in [0, 0.05) is 25.2 Å². The first kappa shape index (κ1) is 19.8. The highest BCUT2D eigenvalue weighted by Crippen LogP contribution is 2.23. The van der Waals surface area contributed by atoms with E-state index in [0.717, 1.165) is 18.4 Å². The van der Waals surface area contributed by atoms with E-state index in [1.807, 2.05) is 29.2 Å². The molecule has 0 aliphatic carbocycles. The van der Waals surface area contributed by atoms with Gasteiger partial charge in [0.15, 0.2) is 0 Å². The number of aryl methyl sites for hydroxylation is 1. The van der Waals surface area contributed by atoms with Crippen molar-refractivity contribution in [1.29, 1.82) is 0 Å². The van der Waals surface area contributed by atoms with Crippen molar-refractivity contribution < 1.29 is 19.4 Å². The molecule has 0 aromatic heterocycles. The van der Waals surface area contributed by atoms with Crippen LogP contribution >= 0.6 is 0 Å². The van der Waals surface area contributed by atoms with E-state index in [2.05, 4.69) is 0 Å². The van der Waals surface area contributed by atoms with Crippen molar-refractivity contribution in [3.05, 3.63) is 35.4 Å². The maximum absolute atomic E-state index is 13.1. The molecule has 2 heterocycles. The van der Waals surface area contributed by atoms with E-state index >= 15 is 0 Å². The highest BCUT2D eigenvalue weighted by Gasteiger charge is 2.37. The normalized spacial score (nSPS) is 20.8. The van der Waals surface area contributed by atoms with E-state index in [0.29, 0.717) is 51.3 Å². The molecule has 2 amide bonds. The fourth-order valence-electron chi connectivity index (χ4n) is 3.74. The van der Waals surface area contributed by atoms with E-state index in [9.17, 15) is 14.7 Å². The van der Waals surface area contributed by atoms with E-state index in [-0.39, 0.29) is 17.9 Å². The molecule has 1 N–H and O–H groups in total. The molecule has 1 aromatic carbocycles. The van der Waals surface area contributed by atoms with Gasteiger partial charge in [-0.05, 0) is 57.2 Å². The van der Waals surface area contributed by atoms with Gasteiger partial charge >= 0.3 is 0 Å². The van der Waals surface area contributed by atoms with Crippen molar-refractivity contribution in [2.24, 2.45) is 0 Å². The lowest BCUT2D eigenvalue weighted by Gasteiger charge is -2.32. The molecule has 3 rings (SSSR count). The Labute approximate surface area is 161 Å². The monoisotopic (exact) mass is 374 g/mol. The lowest BCUT2D eigenvalue weighted by Crippen LogP contribution is -2.51. The molecule has 6 heteroatoms. The number of rotatable bonds is 5. The third kappa shape index (κ3) is 5.08. The summed E-state index contributed by atoms with van der Waals surface area (Å²) in [6.45, 7) is 6.52. The quantitative estimate of drug-likeness (QED) is 0.854. The molecule has 2 aliphatic rings. The Bertz CT molecular complexity index is 677. The molecule has 27 heavy (non-hydrogen) atoms. The number of amides is 2. The zero-order chi connectivity index (χ0) is 19.4. The van der Waals surface area contributed by atoms with E-state index in [1.54, 1.807) is 18.7 Å². The smallest absolute Gasteiger partial charge is 0.254 e. The first-order valence-electron chi connectivity index (χ1n) is 9.84. The van der Waals surface area contributed by atoms with Crippen molar-refractivity contribution in [3.8, 4) is 0 Å². The number of likely N-dealkylation sites (tertiary alicyclic amines) is 1. The summed E-state index contributed by atoms with van der Waals surface area (Å²) < 4.78 is 5.32. The van der Waals surface area contributed by atoms with Crippen LogP contribution in [0.1, 0.15) is 49.0 Å². The number of carbonyl (C=O) groups is 2. The summed E-state index contributed by atoms with van der Waals surface area (Å²) in [6.07, 6.45) is 2.92. The van der Waals surface area contributed by atoms with Crippen LogP contribution in [-0.4, -0.2) is 71.2 Å². The summed E-state index contributed by atoms with van der Waals surface area (Å²) >= 11 is 0. The largest absolute Gasteiger partial charge is 0.390 e. The summed E-state index contributed by atoms with van der Waals surface area (Å²) in [5.74, 6) is -0.0356. The van der Waals surface area contributed by atoms with Gasteiger partial charge in [0.2, 0.25) is 5.91 Å². The van der Waals surface area contributed by atoms with Crippen molar-refractivity contribution in [2.75, 3.05) is 32.8 Å². The Morgan fingerprint density at radius 3 is 2.67 bits per heavy atom. The molecule has 2 aliphatic heterocycles. The van der Waals surface area contributed by atoms with Crippen molar-refractivity contribution in [2.45, 2.75) is 51.2 Å². The number of carbonyl (C=O) groups excluding carboxylic acids is 2. The van der Waals surface area contributed by atoms with Gasteiger partial charge in [-0.15, -0.1) is 0 Å². The summed E-state index contributed by atoms with van der Waals surface area (Å²) in [5.41, 5.74) is 0.910. The molecule has 2 fully saturated rings. The van der Waals surface area contributed by atoms with Crippen LogP contribution in [0.25, 0.3) is 0 Å². The van der Waals surface area contributed by atoms with Gasteiger partial charge in [-0.1, -0.05) is 12.1 Å². The third-order valence-corrected chi connectivity index (χ3v) is 5.32. The molecular formula is C21H30N2O4. The zero-order valence-electron chi connectivity index (χ0n) is 16.3. The van der Waals surface area contributed by atoms with Crippen LogP contribution in [-0.2, 0) is 16.0 Å². The summed E-state index contributed by atoms with van der Waals surface area (Å²) in [5, 5.41) is 9.92. The molecule has 148 valence electrons. The predicted octanol–water partition coefficient (Wildman–Crippen LogP) is 1.85. The zero-order valence-corrected chi connectivity index (χ0v) is 16.3. The fourth-order valence-corrected chi connectivity index (χ4v) is 3.74. The van der Waals surface area contributed by atoms with Crippen LogP contribution in [0.5, 0.6) is 0 Å². The topological polar surface area (TPSA) is 70.1 Å². The Morgan fingerprint density at radius 2 is 1.96 bits per heavy atom. The Hall–Kier alpha value is -1.92. The van der Waals surface area contributed by atoms with Gasteiger partial charge in [-0.25, -0.2) is 0 Å². The number of hydrogen-bond acceptors (Lipinski definition) is 4. The SMILES string of the molecule is CC(C)(O)CCc1cccc(C(=O)N2CCC[C@H]2C(=O)N2CCOCC2)c1. The Morgan fingerprint density at radius 1 is 1.22 bits per heavy atom. The van der Waals surface area contributed by atoms with Gasteiger partial charge in [0.1, 0.15) is 6.04 Å². The van der Waals surface area contributed by atoms with Crippen molar-refractivity contribution >= 4 is 11.8 Å². The van der Waals surface area contributed by atoms with Gasteiger partial charge < -0.3 is 19.6 Å². The molecule has 0 saturated carbocycles. The number of benzene rings is 1. The van der Waals surface area contributed by atoms with Gasteiger partial charge in [-0.2, -0.15) is 0 Å². The standard InChI is InChI=1S/C21H30N2O4/c1-21(2,26)9-8-16-5-3-6-17(15-16)19(24)23-10-4-7-18(23)20(25)22-11-13-27-14-12-22/h3,5-6,15,18,26H,4,7-14H2,1-2H3/t18-/m0/s1. The highest BCUT2D eigenvalue weighted by molar-refractivity contribution is 5.98. The average Bonchev–Trinajstić information content (AvgIpc) is 3.15. The second-order valence-electron chi connectivity index (χ2n) is 8.11. The van der Waals surface area contributed by atoms with Crippen molar-refractivity contribution in [1.82, 2.24) is 9.80 Å². The second kappa shape index (κ2) is 8.40. The number of morpholine rings is 1. The lowest BCUT2D eigenvalue weighted by molar-refractivity contribution is -0.139. The molecule has 0 unspecified atom stereocenters. The summed E-state index contributed by atoms with van der Waals surface area (Å²) in [7, 11) is 0. The first-order chi connectivity index (χ1) is 12.8. The average molecular weight is 374 g/mol. The summed E-state index contributed by atoms with van der Waals surface area (Å²) in [4.78, 5) is 29.5. The van der Waals surface area contributed by atoms with Crippen LogP contribution in [0.2, 0.25) is 0 Å². The minimum Gasteiger partial charge on any atom is -0.390 e. The minimum atomic E-state index is -0.732. The number of hydrogen-bond donors (Lipinski definition) is 1. The van der Waals surface area contributed by atoms with Gasteiger partial charge in [-0.3, -0.25) is 9.59 Å². The maximum atomic E-state index is 13.1. The number of aliphatic hydroxyl groups is 1. The molecule has 0 radical (unpaired) electrons. The van der Waals surface area contributed by atoms with E-state index in [4.69, 9.17) is 4.74 Å². The fraction of sp³-hybridized carbons (Fsp3) is 0.619. The predicted molar refractivity (Wildman–Crippen MR) is 103 cm³/mol. The second-order valence-corrected chi connectivity index (χ2v) is 8.11. The van der Waals surface area contributed by atoms with E-state index < -0.39 is 5.60 Å². The molecule has 1 aromatic rings. The molecule has 6 nitrogen and oxygen atoms in total. The molecule has 0 spiro atoms. The number of nitrogens with zero attached hydrogens (tertiary/aromatic N) is 2. The minimum absolute atomic E-state index is 0.0438. The van der Waals surface area contributed by atoms with Crippen LogP contribution in [0.3, 0.4) is 0 Å². The third-order valence-electron chi connectivity index (χ3n) is 5.32. The number of ether oxygens (including phenoxy) is 1.